The second kappa shape index (κ2) is 10.7. The van der Waals surface area contributed by atoms with E-state index in [9.17, 15) is 14.4 Å². The van der Waals surface area contributed by atoms with Crippen molar-refractivity contribution in [1.29, 1.82) is 0 Å². The smallest absolute Gasteiger partial charge is 0.233 e. The van der Waals surface area contributed by atoms with Crippen molar-refractivity contribution in [3.63, 3.8) is 0 Å². The highest BCUT2D eigenvalue weighted by molar-refractivity contribution is 5.89. The first-order chi connectivity index (χ1) is 16.0. The Balaban J connectivity index is 1.36. The first-order valence-electron chi connectivity index (χ1n) is 12.9. The third-order valence-corrected chi connectivity index (χ3v) is 8.21. The maximum Gasteiger partial charge on any atom is 0.233 e. The second-order valence-corrected chi connectivity index (χ2v) is 10.2. The molecule has 2 saturated heterocycles. The molecule has 4 rings (SSSR count). The molecule has 0 atom stereocenters. The van der Waals surface area contributed by atoms with Crippen molar-refractivity contribution in [3.05, 3.63) is 35.9 Å². The van der Waals surface area contributed by atoms with Crippen LogP contribution in [0.1, 0.15) is 70.3 Å². The molecule has 1 aliphatic carbocycles. The Labute approximate surface area is 198 Å². The molecule has 2 heterocycles. The molecule has 3 aliphatic rings. The van der Waals surface area contributed by atoms with Gasteiger partial charge >= 0.3 is 0 Å². The molecule has 0 radical (unpaired) electrons. The molecule has 0 bridgehead atoms. The number of hydrogen-bond acceptors (Lipinski definition) is 3. The van der Waals surface area contributed by atoms with Crippen molar-refractivity contribution < 1.29 is 14.4 Å². The van der Waals surface area contributed by atoms with Crippen molar-refractivity contribution in [2.24, 2.45) is 5.92 Å². The minimum Gasteiger partial charge on any atom is -0.343 e. The molecule has 2 aliphatic heterocycles. The van der Waals surface area contributed by atoms with Gasteiger partial charge in [-0.1, -0.05) is 62.4 Å². The highest BCUT2D eigenvalue weighted by atomic mass is 16.2. The summed E-state index contributed by atoms with van der Waals surface area (Å²) in [5.74, 6) is 1.20. The topological polar surface area (TPSA) is 60.9 Å². The lowest BCUT2D eigenvalue weighted by Crippen LogP contribution is -2.58. The van der Waals surface area contributed by atoms with E-state index in [0.717, 1.165) is 17.9 Å². The molecule has 0 spiro atoms. The van der Waals surface area contributed by atoms with E-state index in [4.69, 9.17) is 0 Å². The predicted molar refractivity (Wildman–Crippen MR) is 129 cm³/mol. The van der Waals surface area contributed by atoms with Gasteiger partial charge in [0, 0.05) is 52.6 Å². The lowest BCUT2D eigenvalue weighted by molar-refractivity contribution is -0.146. The van der Waals surface area contributed by atoms with Crippen molar-refractivity contribution in [3.8, 4) is 0 Å². The van der Waals surface area contributed by atoms with Crippen LogP contribution in [-0.4, -0.2) is 71.7 Å². The Morgan fingerprint density at radius 1 is 0.818 bits per heavy atom. The molecule has 6 nitrogen and oxygen atoms in total. The molecule has 0 N–H and O–H groups in total. The molecular formula is C27H39N3O3. The molecule has 3 amide bonds. The van der Waals surface area contributed by atoms with Gasteiger partial charge in [0.15, 0.2) is 0 Å². The standard InChI is InChI=1S/C27H39N3O3/c1-22(31)28-16-14-27(15-17-28,24-10-6-3-7-11-24)26(33)30-20-18-29(19-21-30)25(32)13-12-23-8-4-2-5-9-23/h3,6-7,10-11,23H,2,4-5,8-9,12-21H2,1H3. The summed E-state index contributed by atoms with van der Waals surface area (Å²) >= 11 is 0. The zero-order chi connectivity index (χ0) is 23.3. The van der Waals surface area contributed by atoms with Gasteiger partial charge in [0.25, 0.3) is 0 Å². The van der Waals surface area contributed by atoms with E-state index in [1.807, 2.05) is 45.0 Å². The number of piperazine rings is 1. The van der Waals surface area contributed by atoms with Crippen LogP contribution in [0.4, 0.5) is 0 Å². The minimum atomic E-state index is -0.583. The summed E-state index contributed by atoms with van der Waals surface area (Å²) in [5.41, 5.74) is 0.463. The lowest BCUT2D eigenvalue weighted by Gasteiger charge is -2.45. The monoisotopic (exact) mass is 453 g/mol. The van der Waals surface area contributed by atoms with E-state index in [1.54, 1.807) is 6.92 Å². The number of amides is 3. The summed E-state index contributed by atoms with van der Waals surface area (Å²) in [6.07, 6.45) is 9.48. The summed E-state index contributed by atoms with van der Waals surface area (Å²) in [4.78, 5) is 44.3. The highest BCUT2D eigenvalue weighted by Gasteiger charge is 2.46. The average Bonchev–Trinajstić information content (AvgIpc) is 2.88. The molecular weight excluding hydrogens is 414 g/mol. The molecule has 0 aromatic heterocycles. The maximum absolute atomic E-state index is 13.9. The van der Waals surface area contributed by atoms with E-state index in [0.29, 0.717) is 58.5 Å². The molecule has 0 unspecified atom stereocenters. The zero-order valence-electron chi connectivity index (χ0n) is 20.1. The lowest BCUT2D eigenvalue weighted by atomic mass is 9.71. The third-order valence-electron chi connectivity index (χ3n) is 8.21. The average molecular weight is 454 g/mol. The van der Waals surface area contributed by atoms with Gasteiger partial charge in [0.05, 0.1) is 5.41 Å². The van der Waals surface area contributed by atoms with Crippen molar-refractivity contribution in [1.82, 2.24) is 14.7 Å². The Bertz CT molecular complexity index is 818. The predicted octanol–water partition coefficient (Wildman–Crippen LogP) is 3.60. The summed E-state index contributed by atoms with van der Waals surface area (Å²) in [7, 11) is 0. The van der Waals surface area contributed by atoms with Crippen LogP contribution in [0.25, 0.3) is 0 Å². The quantitative estimate of drug-likeness (QED) is 0.684. The van der Waals surface area contributed by atoms with Gasteiger partial charge in [0.1, 0.15) is 0 Å². The molecule has 1 saturated carbocycles. The third kappa shape index (κ3) is 5.42. The molecule has 3 fully saturated rings. The van der Waals surface area contributed by atoms with Crippen molar-refractivity contribution in [2.75, 3.05) is 39.3 Å². The van der Waals surface area contributed by atoms with Crippen LogP contribution in [-0.2, 0) is 19.8 Å². The summed E-state index contributed by atoms with van der Waals surface area (Å²) in [6, 6.07) is 10.1. The Hall–Kier alpha value is -2.37. The number of rotatable bonds is 5. The van der Waals surface area contributed by atoms with Gasteiger partial charge in [-0.05, 0) is 30.7 Å². The van der Waals surface area contributed by atoms with Gasteiger partial charge in [-0.3, -0.25) is 14.4 Å². The molecule has 6 heteroatoms. The van der Waals surface area contributed by atoms with E-state index in [-0.39, 0.29) is 17.7 Å². The van der Waals surface area contributed by atoms with Crippen LogP contribution in [0.15, 0.2) is 30.3 Å². The number of nitrogens with zero attached hydrogens (tertiary/aromatic N) is 3. The molecule has 33 heavy (non-hydrogen) atoms. The van der Waals surface area contributed by atoms with Crippen LogP contribution >= 0.6 is 0 Å². The number of carbonyl (C=O) groups excluding carboxylic acids is 3. The first kappa shape index (κ1) is 23.8. The van der Waals surface area contributed by atoms with Crippen LogP contribution in [0.2, 0.25) is 0 Å². The summed E-state index contributed by atoms with van der Waals surface area (Å²) in [5, 5.41) is 0. The number of benzene rings is 1. The summed E-state index contributed by atoms with van der Waals surface area (Å²) in [6.45, 7) is 5.25. The fourth-order valence-electron chi connectivity index (χ4n) is 6.01. The van der Waals surface area contributed by atoms with Crippen LogP contribution in [0.5, 0.6) is 0 Å². The number of hydrogen-bond donors (Lipinski definition) is 0. The number of piperidine rings is 1. The van der Waals surface area contributed by atoms with Crippen LogP contribution < -0.4 is 0 Å². The minimum absolute atomic E-state index is 0.0736. The normalized spacial score (nSPS) is 21.7. The van der Waals surface area contributed by atoms with Crippen molar-refractivity contribution in [2.45, 2.75) is 70.1 Å². The number of likely N-dealkylation sites (tertiary alicyclic amines) is 1. The van der Waals surface area contributed by atoms with Gasteiger partial charge in [-0.15, -0.1) is 0 Å². The SMILES string of the molecule is CC(=O)N1CCC(C(=O)N2CCN(C(=O)CCC3CCCCC3)CC2)(c2ccccc2)CC1. The molecule has 1 aromatic carbocycles. The van der Waals surface area contributed by atoms with E-state index >= 15 is 0 Å². The Morgan fingerprint density at radius 3 is 2.03 bits per heavy atom. The fraction of sp³-hybridized carbons (Fsp3) is 0.667. The second-order valence-electron chi connectivity index (χ2n) is 10.2. The Morgan fingerprint density at radius 2 is 1.42 bits per heavy atom. The Kier molecular flexibility index (Phi) is 7.71. The van der Waals surface area contributed by atoms with E-state index in [2.05, 4.69) is 0 Å². The maximum atomic E-state index is 13.9. The molecule has 1 aromatic rings. The van der Waals surface area contributed by atoms with E-state index in [1.165, 1.54) is 32.1 Å². The van der Waals surface area contributed by atoms with Gasteiger partial charge in [-0.2, -0.15) is 0 Å². The van der Waals surface area contributed by atoms with Gasteiger partial charge < -0.3 is 14.7 Å². The fourth-order valence-corrected chi connectivity index (χ4v) is 6.01. The van der Waals surface area contributed by atoms with Gasteiger partial charge in [0.2, 0.25) is 17.7 Å². The van der Waals surface area contributed by atoms with E-state index < -0.39 is 5.41 Å². The molecule has 180 valence electrons. The zero-order valence-corrected chi connectivity index (χ0v) is 20.1. The first-order valence-corrected chi connectivity index (χ1v) is 12.9. The number of carbonyl (C=O) groups is 3. The van der Waals surface area contributed by atoms with Crippen molar-refractivity contribution >= 4 is 17.7 Å². The highest BCUT2D eigenvalue weighted by Crippen LogP contribution is 2.38. The van der Waals surface area contributed by atoms with Crippen LogP contribution in [0.3, 0.4) is 0 Å². The van der Waals surface area contributed by atoms with Crippen LogP contribution in [0, 0.1) is 5.92 Å². The largest absolute Gasteiger partial charge is 0.343 e. The summed E-state index contributed by atoms with van der Waals surface area (Å²) < 4.78 is 0. The van der Waals surface area contributed by atoms with Gasteiger partial charge in [-0.25, -0.2) is 0 Å².